The fraction of sp³-hybridized carbons (Fsp3) is 0.158. The molecule has 0 radical (unpaired) electrons. The number of benzene rings is 1. The lowest BCUT2D eigenvalue weighted by molar-refractivity contribution is -0.389. The van der Waals surface area contributed by atoms with Gasteiger partial charge in [-0.25, -0.2) is 0 Å². The summed E-state index contributed by atoms with van der Waals surface area (Å²) in [4.78, 5) is 41.3. The lowest BCUT2D eigenvalue weighted by Crippen LogP contribution is -2.45. The SMILES string of the molecule is CC(C)(c1ccc(-n2ccc([N+](=O)[O-])n2)cn1)N1C(=O)c2ccccc2C1=O. The van der Waals surface area contributed by atoms with Gasteiger partial charge in [-0.15, -0.1) is 4.68 Å². The van der Waals surface area contributed by atoms with E-state index in [0.29, 0.717) is 22.5 Å². The van der Waals surface area contributed by atoms with Crippen LogP contribution in [-0.4, -0.2) is 36.4 Å². The summed E-state index contributed by atoms with van der Waals surface area (Å²) in [5.74, 6) is -0.992. The van der Waals surface area contributed by atoms with Crippen LogP contribution < -0.4 is 0 Å². The Hall–Kier alpha value is -3.88. The number of pyridine rings is 1. The molecule has 1 aliphatic rings. The summed E-state index contributed by atoms with van der Waals surface area (Å²) < 4.78 is 1.34. The van der Waals surface area contributed by atoms with Crippen molar-refractivity contribution in [2.45, 2.75) is 19.4 Å². The van der Waals surface area contributed by atoms with Crippen molar-refractivity contribution >= 4 is 17.6 Å². The van der Waals surface area contributed by atoms with Crippen molar-refractivity contribution in [3.05, 3.63) is 81.8 Å². The molecule has 3 aromatic rings. The lowest BCUT2D eigenvalue weighted by atomic mass is 9.97. The molecule has 1 aliphatic heterocycles. The zero-order valence-electron chi connectivity index (χ0n) is 15.1. The minimum Gasteiger partial charge on any atom is -0.358 e. The Morgan fingerprint density at radius 2 is 1.64 bits per heavy atom. The predicted molar refractivity (Wildman–Crippen MR) is 98.0 cm³/mol. The third-order valence-corrected chi connectivity index (χ3v) is 4.75. The van der Waals surface area contributed by atoms with Crippen LogP contribution in [0, 0.1) is 10.1 Å². The third-order valence-electron chi connectivity index (χ3n) is 4.75. The molecule has 9 heteroatoms. The molecule has 0 saturated heterocycles. The summed E-state index contributed by atoms with van der Waals surface area (Å²) in [6.07, 6.45) is 2.95. The average Bonchev–Trinajstić information content (AvgIpc) is 3.27. The van der Waals surface area contributed by atoms with Crippen molar-refractivity contribution in [2.24, 2.45) is 0 Å². The molecule has 2 aromatic heterocycles. The molecule has 9 nitrogen and oxygen atoms in total. The predicted octanol–water partition coefficient (Wildman–Crippen LogP) is 2.71. The van der Waals surface area contributed by atoms with Crippen LogP contribution in [0.4, 0.5) is 5.82 Å². The van der Waals surface area contributed by atoms with E-state index < -0.39 is 10.5 Å². The normalized spacial score (nSPS) is 13.7. The average molecular weight is 377 g/mol. The Labute approximate surface area is 159 Å². The van der Waals surface area contributed by atoms with Gasteiger partial charge < -0.3 is 10.1 Å². The van der Waals surface area contributed by atoms with Gasteiger partial charge >= 0.3 is 5.82 Å². The molecule has 2 amide bonds. The molecule has 4 rings (SSSR count). The third kappa shape index (κ3) is 2.56. The smallest absolute Gasteiger partial charge is 0.358 e. The Morgan fingerprint density at radius 1 is 1.00 bits per heavy atom. The number of imide groups is 1. The van der Waals surface area contributed by atoms with Crippen molar-refractivity contribution in [2.75, 3.05) is 0 Å². The largest absolute Gasteiger partial charge is 0.390 e. The molecular weight excluding hydrogens is 362 g/mol. The number of nitrogens with zero attached hydrogens (tertiary/aromatic N) is 5. The van der Waals surface area contributed by atoms with Crippen molar-refractivity contribution < 1.29 is 14.5 Å². The second kappa shape index (κ2) is 6.08. The molecule has 0 bridgehead atoms. The highest BCUT2D eigenvalue weighted by molar-refractivity contribution is 6.21. The van der Waals surface area contributed by atoms with Gasteiger partial charge in [-0.1, -0.05) is 12.1 Å². The van der Waals surface area contributed by atoms with Gasteiger partial charge in [-0.3, -0.25) is 19.5 Å². The summed E-state index contributed by atoms with van der Waals surface area (Å²) in [6.45, 7) is 3.49. The summed E-state index contributed by atoms with van der Waals surface area (Å²) in [7, 11) is 0. The van der Waals surface area contributed by atoms with Crippen LogP contribution in [-0.2, 0) is 5.54 Å². The molecular formula is C19H15N5O4. The number of carbonyl (C=O) groups is 2. The highest BCUT2D eigenvalue weighted by Gasteiger charge is 2.45. The molecule has 0 unspecified atom stereocenters. The standard InChI is InChI=1S/C19H15N5O4/c1-19(2,23-17(25)13-5-3-4-6-14(13)18(23)26)15-8-7-12(11-20-15)22-10-9-16(21-22)24(27)28/h3-11H,1-2H3. The van der Waals surface area contributed by atoms with Gasteiger partial charge in [0.15, 0.2) is 0 Å². The van der Waals surface area contributed by atoms with E-state index in [1.807, 2.05) is 0 Å². The number of hydrogen-bond acceptors (Lipinski definition) is 6. The van der Waals surface area contributed by atoms with Gasteiger partial charge in [-0.05, 0) is 43.0 Å². The van der Waals surface area contributed by atoms with Crippen molar-refractivity contribution in [3.63, 3.8) is 0 Å². The number of fused-ring (bicyclic) bond motifs is 1. The molecule has 0 aliphatic carbocycles. The van der Waals surface area contributed by atoms with Crippen LogP contribution >= 0.6 is 0 Å². The Morgan fingerprint density at radius 3 is 2.14 bits per heavy atom. The van der Waals surface area contributed by atoms with E-state index in [1.54, 1.807) is 50.2 Å². The van der Waals surface area contributed by atoms with Gasteiger partial charge in [0.1, 0.15) is 5.69 Å². The van der Waals surface area contributed by atoms with Crippen molar-refractivity contribution in [1.29, 1.82) is 0 Å². The second-order valence-corrected chi connectivity index (χ2v) is 6.83. The van der Waals surface area contributed by atoms with E-state index in [4.69, 9.17) is 0 Å². The van der Waals surface area contributed by atoms with Gasteiger partial charge in [0.05, 0.1) is 45.9 Å². The topological polar surface area (TPSA) is 111 Å². The van der Waals surface area contributed by atoms with E-state index in [9.17, 15) is 19.7 Å². The van der Waals surface area contributed by atoms with Crippen LogP contribution in [0.1, 0.15) is 40.3 Å². The van der Waals surface area contributed by atoms with E-state index >= 15 is 0 Å². The van der Waals surface area contributed by atoms with E-state index in [-0.39, 0.29) is 17.6 Å². The molecule has 0 atom stereocenters. The number of nitro groups is 1. The lowest BCUT2D eigenvalue weighted by Gasteiger charge is -2.33. The van der Waals surface area contributed by atoms with Gasteiger partial charge in [0.2, 0.25) is 0 Å². The molecule has 3 heterocycles. The van der Waals surface area contributed by atoms with Crippen LogP contribution in [0.5, 0.6) is 0 Å². The minimum absolute atomic E-state index is 0.268. The van der Waals surface area contributed by atoms with Crippen molar-refractivity contribution in [3.8, 4) is 5.69 Å². The Bertz CT molecular complexity index is 1080. The first-order valence-electron chi connectivity index (χ1n) is 8.45. The summed E-state index contributed by atoms with van der Waals surface area (Å²) in [5.41, 5.74) is 0.798. The van der Waals surface area contributed by atoms with Crippen molar-refractivity contribution in [1.82, 2.24) is 19.7 Å². The fourth-order valence-electron chi connectivity index (χ4n) is 3.25. The number of rotatable bonds is 4. The van der Waals surface area contributed by atoms with Gasteiger partial charge in [0.25, 0.3) is 11.8 Å². The molecule has 0 fully saturated rings. The molecule has 1 aromatic carbocycles. The maximum atomic E-state index is 12.8. The second-order valence-electron chi connectivity index (χ2n) is 6.83. The van der Waals surface area contributed by atoms with Crippen LogP contribution in [0.15, 0.2) is 54.9 Å². The zero-order valence-corrected chi connectivity index (χ0v) is 15.1. The monoisotopic (exact) mass is 377 g/mol. The Kier molecular flexibility index (Phi) is 3.81. The first-order valence-corrected chi connectivity index (χ1v) is 8.45. The molecule has 140 valence electrons. The van der Waals surface area contributed by atoms with Crippen LogP contribution in [0.2, 0.25) is 0 Å². The summed E-state index contributed by atoms with van der Waals surface area (Å²) in [5, 5.41) is 14.6. The first-order chi connectivity index (χ1) is 13.3. The maximum absolute atomic E-state index is 12.8. The highest BCUT2D eigenvalue weighted by Crippen LogP contribution is 2.35. The molecule has 0 N–H and O–H groups in total. The molecule has 0 saturated carbocycles. The van der Waals surface area contributed by atoms with Gasteiger partial charge in [0, 0.05) is 0 Å². The molecule has 28 heavy (non-hydrogen) atoms. The Balaban J connectivity index is 1.66. The first kappa shape index (κ1) is 17.5. The number of hydrogen-bond donors (Lipinski definition) is 0. The van der Waals surface area contributed by atoms with Crippen LogP contribution in [0.25, 0.3) is 5.69 Å². The minimum atomic E-state index is -0.984. The summed E-state index contributed by atoms with van der Waals surface area (Å²) in [6, 6.07) is 11.3. The van der Waals surface area contributed by atoms with E-state index in [2.05, 4.69) is 10.1 Å². The summed E-state index contributed by atoms with van der Waals surface area (Å²) >= 11 is 0. The number of amides is 2. The zero-order chi connectivity index (χ0) is 20.1. The molecule has 0 spiro atoms. The fourth-order valence-corrected chi connectivity index (χ4v) is 3.25. The highest BCUT2D eigenvalue weighted by atomic mass is 16.6. The van der Waals surface area contributed by atoms with E-state index in [1.165, 1.54) is 28.0 Å². The number of carbonyl (C=O) groups excluding carboxylic acids is 2. The number of aromatic nitrogens is 3. The van der Waals surface area contributed by atoms with E-state index in [0.717, 1.165) is 0 Å². The van der Waals surface area contributed by atoms with Gasteiger partial charge in [-0.2, -0.15) is 0 Å². The maximum Gasteiger partial charge on any atom is 0.390 e. The quantitative estimate of drug-likeness (QED) is 0.393. The van der Waals surface area contributed by atoms with Crippen LogP contribution in [0.3, 0.4) is 0 Å².